The lowest BCUT2D eigenvalue weighted by molar-refractivity contribution is 0.589. The van der Waals surface area contributed by atoms with Crippen LogP contribution < -0.4 is 10.2 Å². The molecule has 112 valence electrons. The van der Waals surface area contributed by atoms with E-state index < -0.39 is 0 Å². The van der Waals surface area contributed by atoms with Crippen LogP contribution in [0.5, 0.6) is 0 Å². The van der Waals surface area contributed by atoms with Gasteiger partial charge in [-0.25, -0.2) is 0 Å². The van der Waals surface area contributed by atoms with Crippen molar-refractivity contribution in [3.63, 3.8) is 0 Å². The van der Waals surface area contributed by atoms with Gasteiger partial charge in [0.25, 0.3) is 0 Å². The van der Waals surface area contributed by atoms with E-state index in [1.165, 1.54) is 36.9 Å². The largest absolute Gasteiger partial charge is 0.369 e. The van der Waals surface area contributed by atoms with Gasteiger partial charge in [-0.3, -0.25) is 0 Å². The van der Waals surface area contributed by atoms with E-state index in [4.69, 9.17) is 0 Å². The van der Waals surface area contributed by atoms with Crippen LogP contribution in [-0.4, -0.2) is 36.3 Å². The second-order valence-electron chi connectivity index (χ2n) is 5.40. The van der Waals surface area contributed by atoms with Gasteiger partial charge in [-0.15, -0.1) is 0 Å². The van der Waals surface area contributed by atoms with Gasteiger partial charge >= 0.3 is 0 Å². The summed E-state index contributed by atoms with van der Waals surface area (Å²) in [6.45, 7) is 4.45. The van der Waals surface area contributed by atoms with Crippen LogP contribution in [0.3, 0.4) is 0 Å². The van der Waals surface area contributed by atoms with Crippen molar-refractivity contribution in [3.05, 3.63) is 29.8 Å². The van der Waals surface area contributed by atoms with Crippen LogP contribution in [0.1, 0.15) is 24.8 Å². The molecule has 0 saturated carbocycles. The zero-order valence-electron chi connectivity index (χ0n) is 12.0. The normalized spacial score (nSPS) is 17.2. The minimum atomic E-state index is 0.623. The van der Waals surface area contributed by atoms with Gasteiger partial charge in [0.2, 0.25) is 0 Å². The number of piperazine rings is 1. The minimum absolute atomic E-state index is 0.623. The molecule has 0 spiro atoms. The van der Waals surface area contributed by atoms with E-state index in [0.717, 1.165) is 31.5 Å². The van der Waals surface area contributed by atoms with Crippen LogP contribution in [-0.2, 0) is 6.42 Å². The van der Waals surface area contributed by atoms with Crippen LogP contribution in [0.25, 0.3) is 0 Å². The standard InChI is InChI=1S/C16H24Br2N2/c17-13-15(18)4-2-1-3-14-5-7-16(8-6-14)20-11-9-19-10-12-20/h5-8,15,19H,1-4,9-13H2. The third-order valence-corrected chi connectivity index (χ3v) is 6.25. The summed E-state index contributed by atoms with van der Waals surface area (Å²) in [5, 5.41) is 4.44. The minimum Gasteiger partial charge on any atom is -0.369 e. The predicted octanol–water partition coefficient (Wildman–Crippen LogP) is 3.97. The first-order valence-electron chi connectivity index (χ1n) is 7.54. The van der Waals surface area contributed by atoms with Gasteiger partial charge in [-0.1, -0.05) is 50.4 Å². The quantitative estimate of drug-likeness (QED) is 0.547. The number of hydrogen-bond donors (Lipinski definition) is 1. The number of aryl methyl sites for hydroxylation is 1. The maximum atomic E-state index is 3.66. The molecule has 2 nitrogen and oxygen atoms in total. The number of halogens is 2. The molecule has 1 fully saturated rings. The smallest absolute Gasteiger partial charge is 0.0367 e. The van der Waals surface area contributed by atoms with E-state index in [1.54, 1.807) is 0 Å². The van der Waals surface area contributed by atoms with Crippen molar-refractivity contribution in [1.29, 1.82) is 0 Å². The highest BCUT2D eigenvalue weighted by atomic mass is 79.9. The van der Waals surface area contributed by atoms with E-state index in [-0.39, 0.29) is 0 Å². The lowest BCUT2D eigenvalue weighted by atomic mass is 10.1. The fourth-order valence-corrected chi connectivity index (χ4v) is 3.22. The summed E-state index contributed by atoms with van der Waals surface area (Å²) in [6.07, 6.45) is 5.02. The van der Waals surface area contributed by atoms with Gasteiger partial charge in [0.1, 0.15) is 0 Å². The molecule has 1 heterocycles. The number of anilines is 1. The average Bonchev–Trinajstić information content (AvgIpc) is 2.52. The van der Waals surface area contributed by atoms with Gasteiger partial charge in [0.05, 0.1) is 0 Å². The Balaban J connectivity index is 1.73. The van der Waals surface area contributed by atoms with Crippen LogP contribution in [0.15, 0.2) is 24.3 Å². The van der Waals surface area contributed by atoms with Gasteiger partial charge in [0, 0.05) is 42.0 Å². The lowest BCUT2D eigenvalue weighted by Crippen LogP contribution is -2.43. The second-order valence-corrected chi connectivity index (χ2v) is 7.34. The van der Waals surface area contributed by atoms with Gasteiger partial charge in [-0.2, -0.15) is 0 Å². The van der Waals surface area contributed by atoms with E-state index in [2.05, 4.69) is 66.3 Å². The van der Waals surface area contributed by atoms with Crippen LogP contribution in [0.2, 0.25) is 0 Å². The molecule has 0 amide bonds. The SMILES string of the molecule is BrCC(Br)CCCCc1ccc(N2CCNCC2)cc1. The molecule has 20 heavy (non-hydrogen) atoms. The zero-order valence-corrected chi connectivity index (χ0v) is 15.1. The summed E-state index contributed by atoms with van der Waals surface area (Å²) >= 11 is 7.16. The summed E-state index contributed by atoms with van der Waals surface area (Å²) in [7, 11) is 0. The molecule has 1 aromatic rings. The fourth-order valence-electron chi connectivity index (χ4n) is 2.57. The molecular formula is C16H24Br2N2. The molecule has 1 aliphatic rings. The van der Waals surface area contributed by atoms with Crippen molar-refractivity contribution < 1.29 is 0 Å². The molecule has 4 heteroatoms. The lowest BCUT2D eigenvalue weighted by Gasteiger charge is -2.29. The van der Waals surface area contributed by atoms with Gasteiger partial charge in [0.15, 0.2) is 0 Å². The number of alkyl halides is 2. The first-order valence-corrected chi connectivity index (χ1v) is 9.58. The van der Waals surface area contributed by atoms with Crippen molar-refractivity contribution in [2.45, 2.75) is 30.5 Å². The monoisotopic (exact) mass is 402 g/mol. The van der Waals surface area contributed by atoms with Crippen molar-refractivity contribution >= 4 is 37.5 Å². The number of nitrogens with zero attached hydrogens (tertiary/aromatic N) is 1. The van der Waals surface area contributed by atoms with Crippen LogP contribution in [0.4, 0.5) is 5.69 Å². The Morgan fingerprint density at radius 2 is 1.80 bits per heavy atom. The molecule has 1 atom stereocenters. The van der Waals surface area contributed by atoms with E-state index in [9.17, 15) is 0 Å². The average molecular weight is 404 g/mol. The first-order chi connectivity index (χ1) is 9.79. The molecule has 1 aromatic carbocycles. The second kappa shape index (κ2) is 9.06. The highest BCUT2D eigenvalue weighted by Gasteiger charge is 2.09. The molecule has 1 unspecified atom stereocenters. The third-order valence-electron chi connectivity index (χ3n) is 3.82. The number of rotatable bonds is 7. The summed E-state index contributed by atoms with van der Waals surface area (Å²) in [5.74, 6) is 0. The van der Waals surface area contributed by atoms with Crippen molar-refractivity contribution in [1.82, 2.24) is 5.32 Å². The Labute approximate surface area is 139 Å². The third kappa shape index (κ3) is 5.38. The van der Waals surface area contributed by atoms with Crippen molar-refractivity contribution in [2.75, 3.05) is 36.4 Å². The molecular weight excluding hydrogens is 380 g/mol. The number of nitrogens with one attached hydrogen (secondary N) is 1. The highest BCUT2D eigenvalue weighted by Crippen LogP contribution is 2.18. The van der Waals surface area contributed by atoms with E-state index in [1.807, 2.05) is 0 Å². The Kier molecular flexibility index (Phi) is 7.39. The van der Waals surface area contributed by atoms with Crippen LogP contribution in [0, 0.1) is 0 Å². The fraction of sp³-hybridized carbons (Fsp3) is 0.625. The number of hydrogen-bond acceptors (Lipinski definition) is 2. The highest BCUT2D eigenvalue weighted by molar-refractivity contribution is 9.12. The summed E-state index contributed by atoms with van der Waals surface area (Å²) in [5.41, 5.74) is 2.84. The summed E-state index contributed by atoms with van der Waals surface area (Å²) in [6, 6.07) is 9.17. The molecule has 0 bridgehead atoms. The molecule has 1 saturated heterocycles. The van der Waals surface area contributed by atoms with Crippen molar-refractivity contribution in [2.24, 2.45) is 0 Å². The molecule has 0 aliphatic carbocycles. The molecule has 0 aromatic heterocycles. The van der Waals surface area contributed by atoms with Gasteiger partial charge in [-0.05, 0) is 37.0 Å². The first kappa shape index (κ1) is 16.3. The maximum absolute atomic E-state index is 3.66. The Hall–Kier alpha value is -0.0600. The molecule has 2 rings (SSSR count). The predicted molar refractivity (Wildman–Crippen MR) is 95.6 cm³/mol. The Morgan fingerprint density at radius 3 is 2.45 bits per heavy atom. The van der Waals surface area contributed by atoms with Gasteiger partial charge < -0.3 is 10.2 Å². The van der Waals surface area contributed by atoms with E-state index >= 15 is 0 Å². The maximum Gasteiger partial charge on any atom is 0.0367 e. The van der Waals surface area contributed by atoms with Crippen LogP contribution >= 0.6 is 31.9 Å². The summed E-state index contributed by atoms with van der Waals surface area (Å²) < 4.78 is 0. The Morgan fingerprint density at radius 1 is 1.10 bits per heavy atom. The molecule has 1 aliphatic heterocycles. The number of unbranched alkanes of at least 4 members (excludes halogenated alkanes) is 1. The molecule has 1 N–H and O–H groups in total. The Bertz CT molecular complexity index is 375. The molecule has 0 radical (unpaired) electrons. The topological polar surface area (TPSA) is 15.3 Å². The summed E-state index contributed by atoms with van der Waals surface area (Å²) in [4.78, 5) is 3.09. The number of benzene rings is 1. The van der Waals surface area contributed by atoms with E-state index in [0.29, 0.717) is 4.83 Å². The van der Waals surface area contributed by atoms with Crippen molar-refractivity contribution in [3.8, 4) is 0 Å². The zero-order chi connectivity index (χ0) is 14.2.